The Balaban J connectivity index is 2.47. The van der Waals surface area contributed by atoms with Gasteiger partial charge in [0.2, 0.25) is 0 Å². The minimum Gasteiger partial charge on any atom is -0.197 e. The van der Waals surface area contributed by atoms with E-state index in [1.54, 1.807) is 0 Å². The molecule has 1 heteroatoms. The molecule has 0 aromatic heterocycles. The lowest BCUT2D eigenvalue weighted by Crippen LogP contribution is -2.26. The molecular weight excluding hydrogens is 146 g/mol. The summed E-state index contributed by atoms with van der Waals surface area (Å²) in [5, 5.41) is 9.14. The van der Waals surface area contributed by atoms with Gasteiger partial charge in [-0.05, 0) is 30.6 Å². The summed E-state index contributed by atoms with van der Waals surface area (Å²) >= 11 is 0. The van der Waals surface area contributed by atoms with E-state index in [-0.39, 0.29) is 10.8 Å². The van der Waals surface area contributed by atoms with Crippen molar-refractivity contribution >= 4 is 0 Å². The van der Waals surface area contributed by atoms with Gasteiger partial charge < -0.3 is 0 Å². The first-order valence-electron chi connectivity index (χ1n) is 4.64. The van der Waals surface area contributed by atoms with Gasteiger partial charge >= 0.3 is 0 Å². The molecule has 0 aromatic rings. The molecule has 2 aliphatic carbocycles. The summed E-state index contributed by atoms with van der Waals surface area (Å²) in [5.41, 5.74) is 1.26. The summed E-state index contributed by atoms with van der Waals surface area (Å²) in [7, 11) is 0. The SMILES string of the molecule is C=C1C2(C#N)CCC(C2)C1(C)C. The molecule has 0 amide bonds. The third kappa shape index (κ3) is 0.641. The highest BCUT2D eigenvalue weighted by Gasteiger charge is 2.57. The summed E-state index contributed by atoms with van der Waals surface area (Å²) in [6.07, 6.45) is 3.34. The van der Waals surface area contributed by atoms with E-state index in [1.165, 1.54) is 12.0 Å². The molecule has 1 nitrogen and oxygen atoms in total. The highest BCUT2D eigenvalue weighted by atomic mass is 14.6. The molecule has 12 heavy (non-hydrogen) atoms. The summed E-state index contributed by atoms with van der Waals surface area (Å²) in [5.74, 6) is 0.713. The molecule has 2 rings (SSSR count). The van der Waals surface area contributed by atoms with E-state index >= 15 is 0 Å². The van der Waals surface area contributed by atoms with Crippen LogP contribution in [0.1, 0.15) is 33.1 Å². The maximum Gasteiger partial charge on any atom is 0.0788 e. The Kier molecular flexibility index (Phi) is 1.27. The Morgan fingerprint density at radius 2 is 2.25 bits per heavy atom. The number of nitrogens with zero attached hydrogens (tertiary/aromatic N) is 1. The average Bonchev–Trinajstić information content (AvgIpc) is 2.53. The molecule has 2 bridgehead atoms. The van der Waals surface area contributed by atoms with E-state index in [2.05, 4.69) is 26.5 Å². The van der Waals surface area contributed by atoms with Crippen LogP contribution in [-0.2, 0) is 0 Å². The molecule has 0 spiro atoms. The first kappa shape index (κ1) is 7.86. The molecule has 2 unspecified atom stereocenters. The van der Waals surface area contributed by atoms with E-state index in [4.69, 9.17) is 5.26 Å². The van der Waals surface area contributed by atoms with Crippen molar-refractivity contribution in [2.24, 2.45) is 16.7 Å². The van der Waals surface area contributed by atoms with Crippen molar-refractivity contribution in [1.29, 1.82) is 5.26 Å². The second-order valence-electron chi connectivity index (χ2n) is 4.83. The Morgan fingerprint density at radius 1 is 1.58 bits per heavy atom. The van der Waals surface area contributed by atoms with Crippen LogP contribution in [0, 0.1) is 28.1 Å². The quantitative estimate of drug-likeness (QED) is 0.501. The standard InChI is InChI=1S/C11H15N/c1-8-10(2,3)9-4-5-11(8,6-9)7-12/h9H,1,4-6H2,2-3H3. The highest BCUT2D eigenvalue weighted by Crippen LogP contribution is 2.64. The van der Waals surface area contributed by atoms with Crippen LogP contribution in [-0.4, -0.2) is 0 Å². The average molecular weight is 161 g/mol. The number of hydrogen-bond donors (Lipinski definition) is 0. The molecule has 64 valence electrons. The van der Waals surface area contributed by atoms with E-state index in [0.29, 0.717) is 5.92 Å². The van der Waals surface area contributed by atoms with E-state index in [9.17, 15) is 0 Å². The van der Waals surface area contributed by atoms with Crippen LogP contribution in [0.25, 0.3) is 0 Å². The van der Waals surface area contributed by atoms with Gasteiger partial charge in [0.15, 0.2) is 0 Å². The molecule has 2 aliphatic rings. The van der Waals surface area contributed by atoms with E-state index in [1.807, 2.05) is 0 Å². The van der Waals surface area contributed by atoms with Crippen molar-refractivity contribution in [3.63, 3.8) is 0 Å². The number of allylic oxidation sites excluding steroid dienone is 1. The predicted molar refractivity (Wildman–Crippen MR) is 48.3 cm³/mol. The van der Waals surface area contributed by atoms with Crippen LogP contribution in [0.3, 0.4) is 0 Å². The number of fused-ring (bicyclic) bond motifs is 2. The fraction of sp³-hybridized carbons (Fsp3) is 0.727. The Morgan fingerprint density at radius 3 is 2.58 bits per heavy atom. The maximum atomic E-state index is 9.14. The van der Waals surface area contributed by atoms with Crippen molar-refractivity contribution in [2.75, 3.05) is 0 Å². The van der Waals surface area contributed by atoms with Gasteiger partial charge in [-0.1, -0.05) is 26.0 Å². The lowest BCUT2D eigenvalue weighted by atomic mass is 9.69. The van der Waals surface area contributed by atoms with E-state index in [0.717, 1.165) is 12.8 Å². The third-order valence-corrected chi connectivity index (χ3v) is 4.10. The van der Waals surface area contributed by atoms with Gasteiger partial charge in [-0.2, -0.15) is 5.26 Å². The van der Waals surface area contributed by atoms with Gasteiger partial charge in [-0.3, -0.25) is 0 Å². The van der Waals surface area contributed by atoms with Crippen LogP contribution >= 0.6 is 0 Å². The van der Waals surface area contributed by atoms with Crippen molar-refractivity contribution in [3.8, 4) is 6.07 Å². The third-order valence-electron chi connectivity index (χ3n) is 4.10. The minimum absolute atomic E-state index is 0.145. The molecular formula is C11H15N. The Bertz CT molecular complexity index is 282. The molecule has 2 saturated carbocycles. The monoisotopic (exact) mass is 161 g/mol. The molecule has 0 aromatic carbocycles. The summed E-state index contributed by atoms with van der Waals surface area (Å²) in [4.78, 5) is 0. The normalized spacial score (nSPS) is 43.1. The zero-order chi connectivity index (χ0) is 8.98. The van der Waals surface area contributed by atoms with Gasteiger partial charge in [0.25, 0.3) is 0 Å². The second kappa shape index (κ2) is 1.93. The maximum absolute atomic E-state index is 9.14. The molecule has 0 saturated heterocycles. The molecule has 0 heterocycles. The molecule has 2 atom stereocenters. The minimum atomic E-state index is -0.145. The zero-order valence-electron chi connectivity index (χ0n) is 7.85. The fourth-order valence-corrected chi connectivity index (χ4v) is 2.97. The van der Waals surface area contributed by atoms with Crippen LogP contribution in [0.4, 0.5) is 0 Å². The van der Waals surface area contributed by atoms with Gasteiger partial charge in [-0.25, -0.2) is 0 Å². The lowest BCUT2D eigenvalue weighted by molar-refractivity contribution is 0.282. The zero-order valence-corrected chi connectivity index (χ0v) is 7.85. The summed E-state index contributed by atoms with van der Waals surface area (Å²) in [6, 6.07) is 2.47. The first-order valence-corrected chi connectivity index (χ1v) is 4.64. The van der Waals surface area contributed by atoms with Crippen LogP contribution in [0.5, 0.6) is 0 Å². The Labute approximate surface area is 74.1 Å². The van der Waals surface area contributed by atoms with Gasteiger partial charge in [0.05, 0.1) is 11.5 Å². The van der Waals surface area contributed by atoms with Crippen molar-refractivity contribution in [3.05, 3.63) is 12.2 Å². The fourth-order valence-electron chi connectivity index (χ4n) is 2.97. The summed E-state index contributed by atoms with van der Waals surface area (Å²) in [6.45, 7) is 8.58. The first-order chi connectivity index (χ1) is 5.53. The molecule has 0 aliphatic heterocycles. The van der Waals surface area contributed by atoms with Crippen molar-refractivity contribution in [2.45, 2.75) is 33.1 Å². The predicted octanol–water partition coefficient (Wildman–Crippen LogP) is 2.89. The highest BCUT2D eigenvalue weighted by molar-refractivity contribution is 5.35. The molecule has 0 radical (unpaired) electrons. The summed E-state index contributed by atoms with van der Waals surface area (Å²) < 4.78 is 0. The number of hydrogen-bond acceptors (Lipinski definition) is 1. The van der Waals surface area contributed by atoms with Crippen molar-refractivity contribution < 1.29 is 0 Å². The molecule has 0 N–H and O–H groups in total. The van der Waals surface area contributed by atoms with E-state index < -0.39 is 0 Å². The smallest absolute Gasteiger partial charge is 0.0788 e. The van der Waals surface area contributed by atoms with Crippen molar-refractivity contribution in [1.82, 2.24) is 0 Å². The van der Waals surface area contributed by atoms with Crippen LogP contribution in [0.2, 0.25) is 0 Å². The van der Waals surface area contributed by atoms with Gasteiger partial charge in [-0.15, -0.1) is 0 Å². The van der Waals surface area contributed by atoms with Crippen LogP contribution < -0.4 is 0 Å². The Hall–Kier alpha value is -0.770. The second-order valence-corrected chi connectivity index (χ2v) is 4.83. The molecule has 2 fully saturated rings. The number of rotatable bonds is 0. The lowest BCUT2D eigenvalue weighted by Gasteiger charge is -2.34. The van der Waals surface area contributed by atoms with Gasteiger partial charge in [0.1, 0.15) is 0 Å². The number of nitriles is 1. The van der Waals surface area contributed by atoms with Crippen LogP contribution in [0.15, 0.2) is 12.2 Å². The topological polar surface area (TPSA) is 23.8 Å². The van der Waals surface area contributed by atoms with Gasteiger partial charge in [0, 0.05) is 0 Å². The largest absolute Gasteiger partial charge is 0.197 e.